The Kier molecular flexibility index (Phi) is 5.73. The number of rotatable bonds is 5. The summed E-state index contributed by atoms with van der Waals surface area (Å²) in [5.41, 5.74) is 5.02. The molecule has 1 atom stereocenters. The number of aromatic nitrogens is 4. The van der Waals surface area contributed by atoms with Gasteiger partial charge in [0.1, 0.15) is 0 Å². The van der Waals surface area contributed by atoms with Crippen LogP contribution in [0.2, 0.25) is 0 Å². The van der Waals surface area contributed by atoms with Gasteiger partial charge in [-0.2, -0.15) is 4.98 Å². The van der Waals surface area contributed by atoms with Gasteiger partial charge in [0, 0.05) is 34.1 Å². The van der Waals surface area contributed by atoms with Crippen LogP contribution in [-0.2, 0) is 12.2 Å². The van der Waals surface area contributed by atoms with Gasteiger partial charge in [-0.3, -0.25) is 4.79 Å². The maximum atomic E-state index is 13.6. The smallest absolute Gasteiger partial charge is 0.254 e. The summed E-state index contributed by atoms with van der Waals surface area (Å²) in [5, 5.41) is 7.40. The highest BCUT2D eigenvalue weighted by Crippen LogP contribution is 2.36. The largest absolute Gasteiger partial charge is 0.331 e. The van der Waals surface area contributed by atoms with Gasteiger partial charge in [-0.1, -0.05) is 36.9 Å². The SMILES string of the molecule is CCC1c2ccsc2CCN1C(=O)c1ccccc1CSc1nc2nc(C)cc(C)n2n1. The number of amides is 1. The van der Waals surface area contributed by atoms with Crippen LogP contribution in [0.4, 0.5) is 0 Å². The van der Waals surface area contributed by atoms with Gasteiger partial charge in [0.25, 0.3) is 11.7 Å². The molecule has 1 aliphatic heterocycles. The number of carbonyl (C=O) groups excluding carboxylic acids is 1. The van der Waals surface area contributed by atoms with E-state index in [1.165, 1.54) is 22.2 Å². The Hall–Kier alpha value is -2.71. The van der Waals surface area contributed by atoms with Crippen LogP contribution in [0.25, 0.3) is 5.78 Å². The number of fused-ring (bicyclic) bond motifs is 2. The normalized spacial score (nSPS) is 15.8. The lowest BCUT2D eigenvalue weighted by molar-refractivity contribution is 0.0656. The molecule has 0 N–H and O–H groups in total. The number of thioether (sulfide) groups is 1. The topological polar surface area (TPSA) is 63.4 Å². The fraction of sp³-hybridized carbons (Fsp3) is 0.333. The van der Waals surface area contributed by atoms with Crippen molar-refractivity contribution in [3.63, 3.8) is 0 Å². The zero-order valence-corrected chi connectivity index (χ0v) is 20.0. The van der Waals surface area contributed by atoms with Crippen LogP contribution in [0.15, 0.2) is 46.9 Å². The number of benzene rings is 1. The predicted octanol–water partition coefficient (Wildman–Crippen LogP) is 5.24. The molecule has 1 aromatic carbocycles. The van der Waals surface area contributed by atoms with Crippen molar-refractivity contribution in [3.05, 3.63) is 74.7 Å². The van der Waals surface area contributed by atoms with E-state index in [1.807, 2.05) is 44.2 Å². The molecule has 3 aromatic heterocycles. The number of hydrogen-bond acceptors (Lipinski definition) is 6. The van der Waals surface area contributed by atoms with Gasteiger partial charge in [0.15, 0.2) is 0 Å². The van der Waals surface area contributed by atoms with E-state index in [-0.39, 0.29) is 11.9 Å². The Morgan fingerprint density at radius 2 is 2.06 bits per heavy atom. The molecular formula is C24H25N5OS2. The van der Waals surface area contributed by atoms with Crippen LogP contribution in [0.3, 0.4) is 0 Å². The van der Waals surface area contributed by atoms with Crippen LogP contribution < -0.4 is 0 Å². The molecule has 1 unspecified atom stereocenters. The Bertz CT molecular complexity index is 1290. The second-order valence-corrected chi connectivity index (χ2v) is 10.0. The van der Waals surface area contributed by atoms with E-state index in [9.17, 15) is 4.79 Å². The van der Waals surface area contributed by atoms with E-state index < -0.39 is 0 Å². The molecule has 0 spiro atoms. The molecule has 1 amide bonds. The third kappa shape index (κ3) is 3.82. The third-order valence-electron chi connectivity index (χ3n) is 5.95. The second kappa shape index (κ2) is 8.67. The number of carbonyl (C=O) groups is 1. The Labute approximate surface area is 195 Å². The lowest BCUT2D eigenvalue weighted by atomic mass is 9.96. The summed E-state index contributed by atoms with van der Waals surface area (Å²) in [7, 11) is 0. The van der Waals surface area contributed by atoms with E-state index in [4.69, 9.17) is 0 Å². The number of aryl methyl sites for hydroxylation is 2. The number of thiophene rings is 1. The Balaban J connectivity index is 1.38. The minimum atomic E-state index is 0.112. The van der Waals surface area contributed by atoms with Gasteiger partial charge in [0.05, 0.1) is 6.04 Å². The first kappa shape index (κ1) is 21.2. The molecule has 4 heterocycles. The van der Waals surface area contributed by atoms with Gasteiger partial charge in [-0.25, -0.2) is 9.50 Å². The van der Waals surface area contributed by atoms with Crippen molar-refractivity contribution in [1.82, 2.24) is 24.5 Å². The first-order chi connectivity index (χ1) is 15.5. The lowest BCUT2D eigenvalue weighted by Crippen LogP contribution is -2.39. The average molecular weight is 464 g/mol. The Morgan fingerprint density at radius 3 is 2.91 bits per heavy atom. The summed E-state index contributed by atoms with van der Waals surface area (Å²) >= 11 is 3.34. The van der Waals surface area contributed by atoms with Crippen LogP contribution in [0.5, 0.6) is 0 Å². The second-order valence-electron chi connectivity index (χ2n) is 8.06. The zero-order chi connectivity index (χ0) is 22.2. The van der Waals surface area contributed by atoms with E-state index in [0.717, 1.165) is 41.9 Å². The van der Waals surface area contributed by atoms with Crippen LogP contribution in [0, 0.1) is 13.8 Å². The monoisotopic (exact) mass is 463 g/mol. The summed E-state index contributed by atoms with van der Waals surface area (Å²) in [6.07, 6.45) is 1.85. The van der Waals surface area contributed by atoms with E-state index in [1.54, 1.807) is 15.9 Å². The molecule has 0 radical (unpaired) electrons. The minimum Gasteiger partial charge on any atom is -0.331 e. The lowest BCUT2D eigenvalue weighted by Gasteiger charge is -2.36. The molecule has 0 bridgehead atoms. The van der Waals surface area contributed by atoms with Crippen molar-refractivity contribution in [3.8, 4) is 0 Å². The molecule has 5 rings (SSSR count). The fourth-order valence-corrected chi connectivity index (χ4v) is 6.19. The summed E-state index contributed by atoms with van der Waals surface area (Å²) < 4.78 is 1.77. The van der Waals surface area contributed by atoms with Gasteiger partial charge < -0.3 is 4.90 Å². The summed E-state index contributed by atoms with van der Waals surface area (Å²) in [6, 6.07) is 12.2. The van der Waals surface area contributed by atoms with Crippen molar-refractivity contribution in [2.75, 3.05) is 6.54 Å². The molecule has 0 saturated carbocycles. The first-order valence-corrected chi connectivity index (χ1v) is 12.7. The molecular weight excluding hydrogens is 438 g/mol. The van der Waals surface area contributed by atoms with Gasteiger partial charge in [0.2, 0.25) is 5.16 Å². The molecule has 1 aliphatic rings. The molecule has 6 nitrogen and oxygen atoms in total. The molecule has 164 valence electrons. The van der Waals surface area contributed by atoms with E-state index in [0.29, 0.717) is 16.7 Å². The molecule has 32 heavy (non-hydrogen) atoms. The van der Waals surface area contributed by atoms with E-state index in [2.05, 4.69) is 38.3 Å². The van der Waals surface area contributed by atoms with Crippen LogP contribution >= 0.6 is 23.1 Å². The minimum absolute atomic E-state index is 0.112. The van der Waals surface area contributed by atoms with E-state index >= 15 is 0 Å². The number of hydrogen-bond donors (Lipinski definition) is 0. The van der Waals surface area contributed by atoms with Crippen molar-refractivity contribution in [2.45, 2.75) is 50.6 Å². The highest BCUT2D eigenvalue weighted by molar-refractivity contribution is 7.98. The summed E-state index contributed by atoms with van der Waals surface area (Å²) in [4.78, 5) is 26.1. The summed E-state index contributed by atoms with van der Waals surface area (Å²) in [6.45, 7) is 6.89. The molecule has 0 saturated heterocycles. The summed E-state index contributed by atoms with van der Waals surface area (Å²) in [5.74, 6) is 1.35. The van der Waals surface area contributed by atoms with Crippen LogP contribution in [-0.4, -0.2) is 36.9 Å². The standard InChI is InChI=1S/C24H25N5OS2/c1-4-20-19-10-12-31-21(19)9-11-28(20)22(30)18-8-6-5-7-17(18)14-32-24-26-23-25-15(2)13-16(3)29(23)27-24/h5-8,10,12-13,20H,4,9,11,14H2,1-3H3. The van der Waals surface area contributed by atoms with Crippen LogP contribution in [0.1, 0.15) is 57.1 Å². The van der Waals surface area contributed by atoms with Gasteiger partial charge in [-0.15, -0.1) is 16.4 Å². The fourth-order valence-electron chi connectivity index (χ4n) is 4.44. The average Bonchev–Trinajstić information content (AvgIpc) is 3.43. The maximum absolute atomic E-state index is 13.6. The zero-order valence-electron chi connectivity index (χ0n) is 18.4. The van der Waals surface area contributed by atoms with Crippen molar-refractivity contribution < 1.29 is 4.79 Å². The van der Waals surface area contributed by atoms with Crippen molar-refractivity contribution >= 4 is 34.8 Å². The van der Waals surface area contributed by atoms with Crippen molar-refractivity contribution in [1.29, 1.82) is 0 Å². The quantitative estimate of drug-likeness (QED) is 0.379. The Morgan fingerprint density at radius 1 is 1.22 bits per heavy atom. The third-order valence-corrected chi connectivity index (χ3v) is 7.83. The first-order valence-electron chi connectivity index (χ1n) is 10.8. The highest BCUT2D eigenvalue weighted by atomic mass is 32.2. The molecule has 4 aromatic rings. The number of nitrogens with zero attached hydrogens (tertiary/aromatic N) is 5. The molecule has 0 fully saturated rings. The maximum Gasteiger partial charge on any atom is 0.254 e. The predicted molar refractivity (Wildman–Crippen MR) is 128 cm³/mol. The van der Waals surface area contributed by atoms with Crippen molar-refractivity contribution in [2.24, 2.45) is 0 Å². The molecule has 8 heteroatoms. The highest BCUT2D eigenvalue weighted by Gasteiger charge is 2.31. The van der Waals surface area contributed by atoms with Gasteiger partial charge in [-0.05, 0) is 61.4 Å². The molecule has 0 aliphatic carbocycles. The van der Waals surface area contributed by atoms with Gasteiger partial charge >= 0.3 is 0 Å².